The molecular formula is C9H8FN. The van der Waals surface area contributed by atoms with Gasteiger partial charge in [-0.05, 0) is 30.2 Å². The van der Waals surface area contributed by atoms with Crippen LogP contribution in [-0.4, -0.2) is 0 Å². The SMILES string of the molecule is CCc1cc(F)cc(C#N)c1. The second-order valence-electron chi connectivity index (χ2n) is 2.31. The number of halogens is 1. The lowest BCUT2D eigenvalue weighted by Gasteiger charge is -1.96. The summed E-state index contributed by atoms with van der Waals surface area (Å²) in [4.78, 5) is 0. The predicted octanol–water partition coefficient (Wildman–Crippen LogP) is 2.26. The van der Waals surface area contributed by atoms with Gasteiger partial charge in [-0.15, -0.1) is 0 Å². The van der Waals surface area contributed by atoms with Crippen molar-refractivity contribution in [1.29, 1.82) is 5.26 Å². The summed E-state index contributed by atoms with van der Waals surface area (Å²) in [6.45, 7) is 1.93. The van der Waals surface area contributed by atoms with Gasteiger partial charge in [-0.3, -0.25) is 0 Å². The van der Waals surface area contributed by atoms with Gasteiger partial charge in [0.1, 0.15) is 5.82 Å². The smallest absolute Gasteiger partial charge is 0.124 e. The lowest BCUT2D eigenvalue weighted by Crippen LogP contribution is -1.85. The third kappa shape index (κ3) is 1.78. The highest BCUT2D eigenvalue weighted by molar-refractivity contribution is 5.33. The van der Waals surface area contributed by atoms with E-state index in [9.17, 15) is 4.39 Å². The van der Waals surface area contributed by atoms with Gasteiger partial charge in [0.2, 0.25) is 0 Å². The van der Waals surface area contributed by atoms with Crippen LogP contribution in [0.2, 0.25) is 0 Å². The van der Waals surface area contributed by atoms with Crippen LogP contribution in [0.5, 0.6) is 0 Å². The second kappa shape index (κ2) is 3.16. The Kier molecular flexibility index (Phi) is 2.22. The Hall–Kier alpha value is -1.36. The maximum atomic E-state index is 12.7. The molecule has 0 spiro atoms. The molecule has 0 aliphatic carbocycles. The third-order valence-corrected chi connectivity index (χ3v) is 1.49. The molecule has 0 saturated heterocycles. The molecule has 11 heavy (non-hydrogen) atoms. The number of aryl methyl sites for hydroxylation is 1. The quantitative estimate of drug-likeness (QED) is 0.600. The van der Waals surface area contributed by atoms with Crippen molar-refractivity contribution in [3.63, 3.8) is 0 Å². The van der Waals surface area contributed by atoms with E-state index < -0.39 is 0 Å². The van der Waals surface area contributed by atoms with Gasteiger partial charge in [-0.25, -0.2) is 4.39 Å². The Morgan fingerprint density at radius 3 is 2.73 bits per heavy atom. The zero-order valence-electron chi connectivity index (χ0n) is 6.26. The zero-order chi connectivity index (χ0) is 8.27. The van der Waals surface area contributed by atoms with Crippen molar-refractivity contribution in [1.82, 2.24) is 0 Å². The average molecular weight is 149 g/mol. The van der Waals surface area contributed by atoms with Crippen LogP contribution in [0.4, 0.5) is 4.39 Å². The molecule has 0 radical (unpaired) electrons. The summed E-state index contributed by atoms with van der Waals surface area (Å²) in [6, 6.07) is 6.28. The molecule has 56 valence electrons. The monoisotopic (exact) mass is 149 g/mol. The fourth-order valence-corrected chi connectivity index (χ4v) is 0.919. The minimum atomic E-state index is -0.332. The molecular weight excluding hydrogens is 141 g/mol. The molecule has 0 unspecified atom stereocenters. The molecule has 0 fully saturated rings. The topological polar surface area (TPSA) is 23.8 Å². The summed E-state index contributed by atoms with van der Waals surface area (Å²) in [6.07, 6.45) is 0.756. The fraction of sp³-hybridized carbons (Fsp3) is 0.222. The number of nitriles is 1. The van der Waals surface area contributed by atoms with Crippen molar-refractivity contribution in [2.75, 3.05) is 0 Å². The van der Waals surface area contributed by atoms with E-state index in [1.165, 1.54) is 12.1 Å². The first kappa shape index (κ1) is 7.74. The van der Waals surface area contributed by atoms with Crippen LogP contribution in [0, 0.1) is 17.1 Å². The van der Waals surface area contributed by atoms with E-state index in [1.54, 1.807) is 6.07 Å². The highest BCUT2D eigenvalue weighted by atomic mass is 19.1. The number of nitrogens with zero attached hydrogens (tertiary/aromatic N) is 1. The first-order valence-electron chi connectivity index (χ1n) is 3.46. The van der Waals surface area contributed by atoms with E-state index in [1.807, 2.05) is 13.0 Å². The predicted molar refractivity (Wildman–Crippen MR) is 40.5 cm³/mol. The summed E-state index contributed by atoms with van der Waals surface area (Å²) in [5.74, 6) is -0.332. The number of hydrogen-bond acceptors (Lipinski definition) is 1. The molecule has 2 heteroatoms. The van der Waals surface area contributed by atoms with Gasteiger partial charge >= 0.3 is 0 Å². The van der Waals surface area contributed by atoms with Crippen LogP contribution in [0.25, 0.3) is 0 Å². The molecule has 0 amide bonds. The summed E-state index contributed by atoms with van der Waals surface area (Å²) in [5, 5.41) is 8.47. The van der Waals surface area contributed by atoms with Crippen molar-refractivity contribution >= 4 is 0 Å². The molecule has 1 aromatic rings. The van der Waals surface area contributed by atoms with E-state index in [0.29, 0.717) is 5.56 Å². The lowest BCUT2D eigenvalue weighted by atomic mass is 10.1. The van der Waals surface area contributed by atoms with E-state index in [-0.39, 0.29) is 5.82 Å². The van der Waals surface area contributed by atoms with Crippen molar-refractivity contribution in [3.8, 4) is 6.07 Å². The maximum absolute atomic E-state index is 12.7. The summed E-state index contributed by atoms with van der Waals surface area (Å²) in [7, 11) is 0. The van der Waals surface area contributed by atoms with E-state index in [0.717, 1.165) is 12.0 Å². The summed E-state index contributed by atoms with van der Waals surface area (Å²) >= 11 is 0. The highest BCUT2D eigenvalue weighted by Gasteiger charge is 1.97. The Balaban J connectivity index is 3.15. The fourth-order valence-electron chi connectivity index (χ4n) is 0.919. The Bertz CT molecular complexity index is 299. The van der Waals surface area contributed by atoms with E-state index in [2.05, 4.69) is 0 Å². The standard InChI is InChI=1S/C9H8FN/c1-2-7-3-8(6-11)5-9(10)4-7/h3-5H,2H2,1H3. The first-order valence-corrected chi connectivity index (χ1v) is 3.46. The minimum absolute atomic E-state index is 0.332. The minimum Gasteiger partial charge on any atom is -0.207 e. The largest absolute Gasteiger partial charge is 0.207 e. The average Bonchev–Trinajstić information content (AvgIpc) is 2.03. The van der Waals surface area contributed by atoms with Crippen molar-refractivity contribution < 1.29 is 4.39 Å². The molecule has 0 N–H and O–H groups in total. The molecule has 0 bridgehead atoms. The molecule has 0 aromatic heterocycles. The molecule has 1 rings (SSSR count). The van der Waals surface area contributed by atoms with Gasteiger partial charge in [0.05, 0.1) is 11.6 Å². The van der Waals surface area contributed by atoms with Crippen LogP contribution in [0.1, 0.15) is 18.1 Å². The molecule has 0 heterocycles. The van der Waals surface area contributed by atoms with Crippen LogP contribution in [0.15, 0.2) is 18.2 Å². The third-order valence-electron chi connectivity index (χ3n) is 1.49. The van der Waals surface area contributed by atoms with Crippen LogP contribution >= 0.6 is 0 Å². The van der Waals surface area contributed by atoms with Gasteiger partial charge in [-0.2, -0.15) is 5.26 Å². The van der Waals surface area contributed by atoms with Crippen molar-refractivity contribution in [2.45, 2.75) is 13.3 Å². The van der Waals surface area contributed by atoms with Gasteiger partial charge in [0.15, 0.2) is 0 Å². The Morgan fingerprint density at radius 1 is 1.45 bits per heavy atom. The van der Waals surface area contributed by atoms with Crippen molar-refractivity contribution in [2.24, 2.45) is 0 Å². The molecule has 0 aliphatic heterocycles. The molecule has 0 atom stereocenters. The molecule has 0 aliphatic rings. The Morgan fingerprint density at radius 2 is 2.18 bits per heavy atom. The normalized spacial score (nSPS) is 9.18. The number of rotatable bonds is 1. The molecule has 1 nitrogen and oxygen atoms in total. The van der Waals surface area contributed by atoms with Gasteiger partial charge < -0.3 is 0 Å². The number of hydrogen-bond donors (Lipinski definition) is 0. The van der Waals surface area contributed by atoms with Gasteiger partial charge in [-0.1, -0.05) is 6.92 Å². The molecule has 0 saturated carbocycles. The zero-order valence-corrected chi connectivity index (χ0v) is 6.26. The van der Waals surface area contributed by atoms with Gasteiger partial charge in [0.25, 0.3) is 0 Å². The summed E-state index contributed by atoms with van der Waals surface area (Å²) < 4.78 is 12.7. The van der Waals surface area contributed by atoms with Crippen molar-refractivity contribution in [3.05, 3.63) is 35.1 Å². The lowest BCUT2D eigenvalue weighted by molar-refractivity contribution is 0.625. The Labute approximate surface area is 65.1 Å². The second-order valence-corrected chi connectivity index (χ2v) is 2.31. The number of benzene rings is 1. The highest BCUT2D eigenvalue weighted by Crippen LogP contribution is 2.08. The van der Waals surface area contributed by atoms with E-state index in [4.69, 9.17) is 5.26 Å². The van der Waals surface area contributed by atoms with Crippen LogP contribution < -0.4 is 0 Å². The van der Waals surface area contributed by atoms with Crippen LogP contribution in [-0.2, 0) is 6.42 Å². The van der Waals surface area contributed by atoms with Gasteiger partial charge in [0, 0.05) is 0 Å². The van der Waals surface area contributed by atoms with E-state index >= 15 is 0 Å². The summed E-state index contributed by atoms with van der Waals surface area (Å²) in [5.41, 5.74) is 1.25. The first-order chi connectivity index (χ1) is 5.26. The van der Waals surface area contributed by atoms with Crippen LogP contribution in [0.3, 0.4) is 0 Å². The maximum Gasteiger partial charge on any atom is 0.124 e. The molecule has 1 aromatic carbocycles.